The second-order valence-corrected chi connectivity index (χ2v) is 6.48. The van der Waals surface area contributed by atoms with E-state index in [4.69, 9.17) is 0 Å². The molecule has 0 spiro atoms. The first-order valence-corrected chi connectivity index (χ1v) is 7.67. The maximum atomic E-state index is 9.85. The molecule has 0 bridgehead atoms. The van der Waals surface area contributed by atoms with Gasteiger partial charge >= 0.3 is 0 Å². The van der Waals surface area contributed by atoms with Gasteiger partial charge in [-0.2, -0.15) is 0 Å². The first-order valence-electron chi connectivity index (χ1n) is 6.79. The van der Waals surface area contributed by atoms with Crippen LogP contribution in [0.1, 0.15) is 43.0 Å². The molecule has 2 aliphatic rings. The molecule has 0 amide bonds. The van der Waals surface area contributed by atoms with Crippen molar-refractivity contribution in [2.75, 3.05) is 6.54 Å². The highest BCUT2D eigenvalue weighted by Crippen LogP contribution is 2.42. The van der Waals surface area contributed by atoms with Crippen molar-refractivity contribution in [3.8, 4) is 0 Å². The van der Waals surface area contributed by atoms with Crippen LogP contribution in [0, 0.1) is 11.8 Å². The van der Waals surface area contributed by atoms with Gasteiger partial charge in [-0.05, 0) is 49.0 Å². The molecular formula is C14H21NOS. The highest BCUT2D eigenvalue weighted by molar-refractivity contribution is 7.10. The van der Waals surface area contributed by atoms with Gasteiger partial charge < -0.3 is 10.4 Å². The van der Waals surface area contributed by atoms with E-state index in [-0.39, 0.29) is 6.10 Å². The van der Waals surface area contributed by atoms with Gasteiger partial charge in [0, 0.05) is 17.5 Å². The molecule has 0 aromatic carbocycles. The molecule has 1 aromatic heterocycles. The minimum Gasteiger partial charge on any atom is -0.393 e. The zero-order chi connectivity index (χ0) is 11.7. The van der Waals surface area contributed by atoms with E-state index in [2.05, 4.69) is 22.8 Å². The van der Waals surface area contributed by atoms with Gasteiger partial charge in [0.05, 0.1) is 6.10 Å². The summed E-state index contributed by atoms with van der Waals surface area (Å²) in [7, 11) is 0. The van der Waals surface area contributed by atoms with Gasteiger partial charge in [0.25, 0.3) is 0 Å². The maximum absolute atomic E-state index is 9.85. The molecule has 0 radical (unpaired) electrons. The van der Waals surface area contributed by atoms with Crippen molar-refractivity contribution in [1.82, 2.24) is 5.32 Å². The van der Waals surface area contributed by atoms with E-state index in [9.17, 15) is 5.11 Å². The minimum atomic E-state index is -0.0642. The quantitative estimate of drug-likeness (QED) is 0.843. The second-order valence-electron chi connectivity index (χ2n) is 5.50. The van der Waals surface area contributed by atoms with Crippen LogP contribution in [0.15, 0.2) is 17.5 Å². The Hall–Kier alpha value is -0.380. The smallest absolute Gasteiger partial charge is 0.0580 e. The molecule has 17 heavy (non-hydrogen) atoms. The highest BCUT2D eigenvalue weighted by Gasteiger charge is 2.34. The Morgan fingerprint density at radius 3 is 2.82 bits per heavy atom. The summed E-state index contributed by atoms with van der Waals surface area (Å²) >= 11 is 1.86. The third kappa shape index (κ3) is 2.72. The molecule has 0 aliphatic heterocycles. The SMILES string of the molecule is OC1CCCC1CNC(c1cccs1)C1CC1. The van der Waals surface area contributed by atoms with Crippen molar-refractivity contribution in [1.29, 1.82) is 0 Å². The lowest BCUT2D eigenvalue weighted by Crippen LogP contribution is -2.31. The predicted molar refractivity (Wildman–Crippen MR) is 71.1 cm³/mol. The Morgan fingerprint density at radius 1 is 1.35 bits per heavy atom. The van der Waals surface area contributed by atoms with Crippen LogP contribution in [0.2, 0.25) is 0 Å². The molecule has 1 aromatic rings. The monoisotopic (exact) mass is 251 g/mol. The van der Waals surface area contributed by atoms with E-state index >= 15 is 0 Å². The summed E-state index contributed by atoms with van der Waals surface area (Å²) in [4.78, 5) is 1.47. The Balaban J connectivity index is 1.58. The van der Waals surface area contributed by atoms with E-state index in [1.54, 1.807) is 0 Å². The van der Waals surface area contributed by atoms with Crippen molar-refractivity contribution in [3.05, 3.63) is 22.4 Å². The summed E-state index contributed by atoms with van der Waals surface area (Å²) in [6.45, 7) is 0.986. The average Bonchev–Trinajstić information content (AvgIpc) is 2.86. The second kappa shape index (κ2) is 5.09. The molecule has 2 N–H and O–H groups in total. The normalized spacial score (nSPS) is 30.6. The highest BCUT2D eigenvalue weighted by atomic mass is 32.1. The van der Waals surface area contributed by atoms with Crippen LogP contribution in [0.4, 0.5) is 0 Å². The number of nitrogens with one attached hydrogen (secondary N) is 1. The van der Waals surface area contributed by atoms with Gasteiger partial charge in [-0.1, -0.05) is 12.5 Å². The van der Waals surface area contributed by atoms with Crippen LogP contribution >= 0.6 is 11.3 Å². The van der Waals surface area contributed by atoms with E-state index in [1.807, 2.05) is 11.3 Å². The lowest BCUT2D eigenvalue weighted by molar-refractivity contribution is 0.129. The number of rotatable bonds is 5. The summed E-state index contributed by atoms with van der Waals surface area (Å²) < 4.78 is 0. The van der Waals surface area contributed by atoms with Gasteiger partial charge in [-0.25, -0.2) is 0 Å². The maximum Gasteiger partial charge on any atom is 0.0580 e. The molecule has 2 saturated carbocycles. The van der Waals surface area contributed by atoms with Crippen LogP contribution in [0.3, 0.4) is 0 Å². The number of aliphatic hydroxyl groups is 1. The van der Waals surface area contributed by atoms with Crippen LogP contribution in [-0.2, 0) is 0 Å². The molecule has 3 unspecified atom stereocenters. The predicted octanol–water partition coefficient (Wildman–Crippen LogP) is 2.95. The lowest BCUT2D eigenvalue weighted by atomic mass is 10.0. The van der Waals surface area contributed by atoms with Gasteiger partial charge in [-0.3, -0.25) is 0 Å². The lowest BCUT2D eigenvalue weighted by Gasteiger charge is -2.21. The number of hydrogen-bond acceptors (Lipinski definition) is 3. The van der Waals surface area contributed by atoms with Crippen molar-refractivity contribution < 1.29 is 5.11 Å². The third-order valence-electron chi connectivity index (χ3n) is 4.16. The third-order valence-corrected chi connectivity index (χ3v) is 5.12. The van der Waals surface area contributed by atoms with Crippen LogP contribution in [-0.4, -0.2) is 17.8 Å². The van der Waals surface area contributed by atoms with Gasteiger partial charge in [0.2, 0.25) is 0 Å². The molecule has 0 saturated heterocycles. The van der Waals surface area contributed by atoms with Crippen molar-refractivity contribution in [2.24, 2.45) is 11.8 Å². The number of aliphatic hydroxyl groups excluding tert-OH is 1. The summed E-state index contributed by atoms with van der Waals surface area (Å²) in [5.74, 6) is 1.32. The fraction of sp³-hybridized carbons (Fsp3) is 0.714. The Bertz CT molecular complexity index is 347. The Morgan fingerprint density at radius 2 is 2.24 bits per heavy atom. The first kappa shape index (κ1) is 11.7. The molecule has 3 heteroatoms. The van der Waals surface area contributed by atoms with Crippen molar-refractivity contribution in [3.63, 3.8) is 0 Å². The largest absolute Gasteiger partial charge is 0.393 e. The van der Waals surface area contributed by atoms with Crippen LogP contribution in [0.25, 0.3) is 0 Å². The van der Waals surface area contributed by atoms with Crippen LogP contribution < -0.4 is 5.32 Å². The van der Waals surface area contributed by atoms with Gasteiger partial charge in [-0.15, -0.1) is 11.3 Å². The average molecular weight is 251 g/mol. The first-order chi connectivity index (χ1) is 8.34. The van der Waals surface area contributed by atoms with Crippen LogP contribution in [0.5, 0.6) is 0 Å². The number of hydrogen-bond donors (Lipinski definition) is 2. The molecule has 3 rings (SSSR count). The number of thiophene rings is 1. The van der Waals surface area contributed by atoms with E-state index in [1.165, 1.54) is 30.6 Å². The Kier molecular flexibility index (Phi) is 3.50. The summed E-state index contributed by atoms with van der Waals surface area (Å²) in [6, 6.07) is 4.93. The van der Waals surface area contributed by atoms with Gasteiger partial charge in [0.1, 0.15) is 0 Å². The molecule has 2 fully saturated rings. The Labute approximate surface area is 107 Å². The van der Waals surface area contributed by atoms with E-state index in [0.717, 1.165) is 18.9 Å². The zero-order valence-electron chi connectivity index (χ0n) is 10.1. The molecule has 1 heterocycles. The fourth-order valence-electron chi connectivity index (χ4n) is 2.93. The van der Waals surface area contributed by atoms with E-state index < -0.39 is 0 Å². The minimum absolute atomic E-state index is 0.0642. The zero-order valence-corrected chi connectivity index (χ0v) is 11.0. The van der Waals surface area contributed by atoms with Crippen molar-refractivity contribution >= 4 is 11.3 Å². The molecule has 3 atom stereocenters. The molecule has 94 valence electrons. The van der Waals surface area contributed by atoms with Gasteiger partial charge in [0.15, 0.2) is 0 Å². The molecular weight excluding hydrogens is 230 g/mol. The summed E-state index contributed by atoms with van der Waals surface area (Å²) in [5, 5.41) is 15.7. The van der Waals surface area contributed by atoms with E-state index in [0.29, 0.717) is 12.0 Å². The molecule has 2 nitrogen and oxygen atoms in total. The standard InChI is InChI=1S/C14H21NOS/c16-12-4-1-3-11(12)9-15-14(10-6-7-10)13-5-2-8-17-13/h2,5,8,10-12,14-16H,1,3-4,6-7,9H2. The molecule has 2 aliphatic carbocycles. The fourth-order valence-corrected chi connectivity index (χ4v) is 3.82. The summed E-state index contributed by atoms with van der Waals surface area (Å²) in [6.07, 6.45) is 6.05. The topological polar surface area (TPSA) is 32.3 Å². The summed E-state index contributed by atoms with van der Waals surface area (Å²) in [5.41, 5.74) is 0. The van der Waals surface area contributed by atoms with Crippen molar-refractivity contribution in [2.45, 2.75) is 44.2 Å².